The molecular formula is C22H26N6O2S. The van der Waals surface area contributed by atoms with Crippen LogP contribution in [0.5, 0.6) is 0 Å². The van der Waals surface area contributed by atoms with Crippen LogP contribution in [0.2, 0.25) is 0 Å². The van der Waals surface area contributed by atoms with Gasteiger partial charge >= 0.3 is 0 Å². The molecule has 2 N–H and O–H groups in total. The predicted molar refractivity (Wildman–Crippen MR) is 122 cm³/mol. The zero-order valence-electron chi connectivity index (χ0n) is 18.3. The number of amides is 2. The predicted octanol–water partition coefficient (Wildman–Crippen LogP) is 3.13. The number of tetrazole rings is 1. The van der Waals surface area contributed by atoms with Gasteiger partial charge in [0, 0.05) is 5.69 Å². The van der Waals surface area contributed by atoms with E-state index in [1.807, 2.05) is 64.1 Å². The van der Waals surface area contributed by atoms with Crippen molar-refractivity contribution in [2.24, 2.45) is 0 Å². The summed E-state index contributed by atoms with van der Waals surface area (Å²) in [5.41, 5.74) is 5.79. The molecule has 0 aliphatic rings. The molecule has 0 fully saturated rings. The topological polar surface area (TPSA) is 102 Å². The van der Waals surface area contributed by atoms with Crippen LogP contribution in [-0.2, 0) is 9.59 Å². The number of aryl methyl sites for hydroxylation is 3. The Bertz CT molecular complexity index is 1090. The molecule has 3 rings (SSSR count). The molecule has 31 heavy (non-hydrogen) atoms. The number of carbonyl (C=O) groups excluding carboxylic acids is 2. The molecule has 3 aromatic rings. The maximum Gasteiger partial charge on any atom is 0.243 e. The van der Waals surface area contributed by atoms with Gasteiger partial charge in [-0.3, -0.25) is 9.59 Å². The molecule has 0 saturated heterocycles. The first-order chi connectivity index (χ1) is 14.8. The number of carbonyl (C=O) groups is 2. The Kier molecular flexibility index (Phi) is 7.06. The average molecular weight is 439 g/mol. The zero-order valence-corrected chi connectivity index (χ0v) is 19.1. The third-order valence-electron chi connectivity index (χ3n) is 5.07. The first-order valence-electron chi connectivity index (χ1n) is 9.93. The van der Waals surface area contributed by atoms with Gasteiger partial charge in [-0.15, -0.1) is 5.10 Å². The summed E-state index contributed by atoms with van der Waals surface area (Å²) < 4.78 is 1.63. The Hall–Kier alpha value is -3.20. The van der Waals surface area contributed by atoms with E-state index in [0.717, 1.165) is 33.6 Å². The minimum absolute atomic E-state index is 0.112. The van der Waals surface area contributed by atoms with Gasteiger partial charge in [-0.25, -0.2) is 0 Å². The van der Waals surface area contributed by atoms with E-state index < -0.39 is 5.25 Å². The van der Waals surface area contributed by atoms with Crippen LogP contribution in [0.25, 0.3) is 5.69 Å². The molecule has 0 spiro atoms. The lowest BCUT2D eigenvalue weighted by Gasteiger charge is -2.14. The lowest BCUT2D eigenvalue weighted by Crippen LogP contribution is -2.37. The highest BCUT2D eigenvalue weighted by atomic mass is 32.2. The third-order valence-corrected chi connectivity index (χ3v) is 6.10. The standard InChI is InChI=1S/C22H26N6O2S/c1-13-8-7-11-18(16(13)4)28-22(25-26-27-28)31-17(5)21(30)23-12-19(29)24-20-14(2)9-6-10-15(20)3/h6-11,17H,12H2,1-5H3,(H,23,30)(H,24,29). The molecule has 0 aliphatic heterocycles. The molecule has 1 heterocycles. The Balaban J connectivity index is 1.60. The van der Waals surface area contributed by atoms with E-state index in [-0.39, 0.29) is 18.4 Å². The number of rotatable bonds is 7. The van der Waals surface area contributed by atoms with Crippen molar-refractivity contribution in [1.82, 2.24) is 25.5 Å². The molecular weight excluding hydrogens is 412 g/mol. The van der Waals surface area contributed by atoms with Crippen molar-refractivity contribution in [3.8, 4) is 5.69 Å². The molecule has 9 heteroatoms. The quantitative estimate of drug-likeness (QED) is 0.550. The van der Waals surface area contributed by atoms with Crippen LogP contribution in [-0.4, -0.2) is 43.8 Å². The van der Waals surface area contributed by atoms with Crippen LogP contribution >= 0.6 is 11.8 Å². The summed E-state index contributed by atoms with van der Waals surface area (Å²) in [6, 6.07) is 11.7. The van der Waals surface area contributed by atoms with E-state index in [1.165, 1.54) is 11.8 Å². The summed E-state index contributed by atoms with van der Waals surface area (Å²) in [5.74, 6) is -0.541. The van der Waals surface area contributed by atoms with Gasteiger partial charge in [-0.1, -0.05) is 42.1 Å². The smallest absolute Gasteiger partial charge is 0.243 e. The van der Waals surface area contributed by atoms with Crippen LogP contribution < -0.4 is 10.6 Å². The monoisotopic (exact) mass is 438 g/mol. The second kappa shape index (κ2) is 9.74. The van der Waals surface area contributed by atoms with E-state index in [1.54, 1.807) is 11.6 Å². The number of nitrogens with one attached hydrogen (secondary N) is 2. The minimum atomic E-state index is -0.483. The van der Waals surface area contributed by atoms with E-state index in [0.29, 0.717) is 5.16 Å². The van der Waals surface area contributed by atoms with Crippen LogP contribution in [0.3, 0.4) is 0 Å². The molecule has 8 nitrogen and oxygen atoms in total. The molecule has 0 bridgehead atoms. The maximum atomic E-state index is 12.5. The van der Waals surface area contributed by atoms with Crippen molar-refractivity contribution in [1.29, 1.82) is 0 Å². The summed E-state index contributed by atoms with van der Waals surface area (Å²) in [6.07, 6.45) is 0. The summed E-state index contributed by atoms with van der Waals surface area (Å²) in [4.78, 5) is 24.8. The summed E-state index contributed by atoms with van der Waals surface area (Å²) in [5, 5.41) is 17.5. The van der Waals surface area contributed by atoms with Crippen LogP contribution in [0.15, 0.2) is 41.6 Å². The normalized spacial score (nSPS) is 11.8. The van der Waals surface area contributed by atoms with Crippen molar-refractivity contribution >= 4 is 29.3 Å². The molecule has 0 saturated carbocycles. The number of nitrogens with zero attached hydrogens (tertiary/aromatic N) is 4. The minimum Gasteiger partial charge on any atom is -0.346 e. The highest BCUT2D eigenvalue weighted by Crippen LogP contribution is 2.25. The molecule has 0 aliphatic carbocycles. The first kappa shape index (κ1) is 22.5. The number of benzene rings is 2. The molecule has 1 aromatic heterocycles. The largest absolute Gasteiger partial charge is 0.346 e. The van der Waals surface area contributed by atoms with Crippen molar-refractivity contribution in [2.75, 3.05) is 11.9 Å². The van der Waals surface area contributed by atoms with Crippen LogP contribution in [0.1, 0.15) is 29.2 Å². The van der Waals surface area contributed by atoms with E-state index in [9.17, 15) is 9.59 Å². The van der Waals surface area contributed by atoms with Gasteiger partial charge in [0.25, 0.3) is 0 Å². The lowest BCUT2D eigenvalue weighted by atomic mass is 10.1. The van der Waals surface area contributed by atoms with Gasteiger partial charge in [0.1, 0.15) is 0 Å². The highest BCUT2D eigenvalue weighted by molar-refractivity contribution is 8.00. The van der Waals surface area contributed by atoms with Crippen molar-refractivity contribution < 1.29 is 9.59 Å². The fourth-order valence-electron chi connectivity index (χ4n) is 3.09. The van der Waals surface area contributed by atoms with Crippen molar-refractivity contribution in [3.63, 3.8) is 0 Å². The SMILES string of the molecule is Cc1cccc(-n2nnnc2SC(C)C(=O)NCC(=O)Nc2c(C)cccc2C)c1C. The van der Waals surface area contributed by atoms with Gasteiger partial charge in [-0.05, 0) is 73.4 Å². The number of para-hydroxylation sites is 1. The molecule has 2 aromatic carbocycles. The number of aromatic nitrogens is 4. The van der Waals surface area contributed by atoms with Gasteiger partial charge in [-0.2, -0.15) is 4.68 Å². The Morgan fingerprint density at radius 1 is 1.03 bits per heavy atom. The second-order valence-corrected chi connectivity index (χ2v) is 8.69. The second-order valence-electron chi connectivity index (χ2n) is 7.39. The Labute approximate surface area is 185 Å². The molecule has 1 unspecified atom stereocenters. The van der Waals surface area contributed by atoms with Crippen molar-refractivity contribution in [2.45, 2.75) is 45.0 Å². The third kappa shape index (κ3) is 5.29. The number of anilines is 1. The Morgan fingerprint density at radius 2 is 1.68 bits per heavy atom. The van der Waals surface area contributed by atoms with Crippen LogP contribution in [0, 0.1) is 27.7 Å². The Morgan fingerprint density at radius 3 is 2.39 bits per heavy atom. The van der Waals surface area contributed by atoms with Gasteiger partial charge < -0.3 is 10.6 Å². The van der Waals surface area contributed by atoms with Gasteiger partial charge in [0.15, 0.2) is 0 Å². The summed E-state index contributed by atoms with van der Waals surface area (Å²) in [7, 11) is 0. The molecule has 1 atom stereocenters. The number of thioether (sulfide) groups is 1. The maximum absolute atomic E-state index is 12.5. The van der Waals surface area contributed by atoms with Crippen LogP contribution in [0.4, 0.5) is 5.69 Å². The summed E-state index contributed by atoms with van der Waals surface area (Å²) in [6.45, 7) is 9.53. The molecule has 2 amide bonds. The van der Waals surface area contributed by atoms with Gasteiger partial charge in [0.05, 0.1) is 17.5 Å². The fraction of sp³-hybridized carbons (Fsp3) is 0.318. The highest BCUT2D eigenvalue weighted by Gasteiger charge is 2.20. The zero-order chi connectivity index (χ0) is 22.5. The fourth-order valence-corrected chi connectivity index (χ4v) is 3.91. The van der Waals surface area contributed by atoms with Crippen molar-refractivity contribution in [3.05, 3.63) is 58.7 Å². The average Bonchev–Trinajstić information content (AvgIpc) is 3.18. The summed E-state index contributed by atoms with van der Waals surface area (Å²) >= 11 is 1.24. The van der Waals surface area contributed by atoms with E-state index >= 15 is 0 Å². The number of hydrogen-bond donors (Lipinski definition) is 2. The van der Waals surface area contributed by atoms with E-state index in [2.05, 4.69) is 26.2 Å². The van der Waals surface area contributed by atoms with Gasteiger partial charge in [0.2, 0.25) is 17.0 Å². The molecule has 0 radical (unpaired) electrons. The molecule has 162 valence electrons. The first-order valence-corrected chi connectivity index (χ1v) is 10.8. The number of hydrogen-bond acceptors (Lipinski definition) is 6. The van der Waals surface area contributed by atoms with E-state index in [4.69, 9.17) is 0 Å². The lowest BCUT2D eigenvalue weighted by molar-refractivity contribution is -0.123.